The molecule has 5 atom stereocenters. The van der Waals surface area contributed by atoms with Crippen LogP contribution in [0.15, 0.2) is 0 Å². The summed E-state index contributed by atoms with van der Waals surface area (Å²) in [5.74, 6) is 1.54. The zero-order chi connectivity index (χ0) is 9.85. The van der Waals surface area contributed by atoms with Crippen molar-refractivity contribution in [1.82, 2.24) is 0 Å². The molecule has 13 heavy (non-hydrogen) atoms. The van der Waals surface area contributed by atoms with E-state index < -0.39 is 0 Å². The van der Waals surface area contributed by atoms with Gasteiger partial charge in [0.15, 0.2) is 0 Å². The first-order valence-electron chi connectivity index (χ1n) is 5.56. The van der Waals surface area contributed by atoms with Gasteiger partial charge in [-0.15, -0.1) is 0 Å². The third-order valence-electron chi connectivity index (χ3n) is 4.98. The van der Waals surface area contributed by atoms with Crippen LogP contribution in [-0.4, -0.2) is 11.7 Å². The first kappa shape index (κ1) is 9.51. The average molecular weight is 182 g/mol. The lowest BCUT2D eigenvalue weighted by Gasteiger charge is -2.42. The molecule has 76 valence electrons. The van der Waals surface area contributed by atoms with Gasteiger partial charge in [0.1, 0.15) is 0 Å². The molecular weight excluding hydrogens is 160 g/mol. The van der Waals surface area contributed by atoms with Gasteiger partial charge in [-0.2, -0.15) is 0 Å². The van der Waals surface area contributed by atoms with Crippen molar-refractivity contribution >= 4 is 0 Å². The predicted octanol–water partition coefficient (Wildman–Crippen LogP) is 3.24. The molecule has 1 aliphatic heterocycles. The molecule has 2 rings (SSSR count). The molecule has 0 N–H and O–H groups in total. The average Bonchev–Trinajstić information content (AvgIpc) is 2.21. The highest BCUT2D eigenvalue weighted by molar-refractivity contribution is 5.06. The van der Waals surface area contributed by atoms with Gasteiger partial charge in [-0.25, -0.2) is 0 Å². The smallest absolute Gasteiger partial charge is 0.0690 e. The van der Waals surface area contributed by atoms with Gasteiger partial charge in [0.25, 0.3) is 0 Å². The van der Waals surface area contributed by atoms with Crippen molar-refractivity contribution < 1.29 is 4.74 Å². The van der Waals surface area contributed by atoms with E-state index in [-0.39, 0.29) is 5.60 Å². The van der Waals surface area contributed by atoms with E-state index in [2.05, 4.69) is 34.6 Å². The van der Waals surface area contributed by atoms with Crippen LogP contribution < -0.4 is 0 Å². The Bertz CT molecular complexity index is 219. The Labute approximate surface area is 81.9 Å². The summed E-state index contributed by atoms with van der Waals surface area (Å²) in [6.07, 6.45) is 3.03. The quantitative estimate of drug-likeness (QED) is 0.559. The lowest BCUT2D eigenvalue weighted by atomic mass is 9.60. The zero-order valence-electron chi connectivity index (χ0n) is 9.55. The second-order valence-corrected chi connectivity index (χ2v) is 5.79. The highest BCUT2D eigenvalue weighted by atomic mass is 16.5. The summed E-state index contributed by atoms with van der Waals surface area (Å²) in [4.78, 5) is 0. The molecule has 0 aromatic rings. The van der Waals surface area contributed by atoms with Crippen LogP contribution in [0.2, 0.25) is 0 Å². The van der Waals surface area contributed by atoms with Crippen LogP contribution in [-0.2, 0) is 4.74 Å². The maximum Gasteiger partial charge on any atom is 0.0690 e. The van der Waals surface area contributed by atoms with Crippen LogP contribution in [0.1, 0.15) is 47.5 Å². The summed E-state index contributed by atoms with van der Waals surface area (Å²) in [5, 5.41) is 0. The van der Waals surface area contributed by atoms with Crippen molar-refractivity contribution in [3.63, 3.8) is 0 Å². The number of hydrogen-bond acceptors (Lipinski definition) is 1. The number of fused-ring (bicyclic) bond motifs is 2. The normalized spacial score (nSPS) is 61.2. The standard InChI is InChI=1S/C12H22O/c1-8-6-9(2)12(5)7-11(8,4)10(3)13-12/h8-10H,6-7H2,1-5H3. The maximum absolute atomic E-state index is 6.16. The van der Waals surface area contributed by atoms with E-state index in [9.17, 15) is 0 Å². The topological polar surface area (TPSA) is 9.23 Å². The van der Waals surface area contributed by atoms with Gasteiger partial charge in [0.2, 0.25) is 0 Å². The van der Waals surface area contributed by atoms with Crippen molar-refractivity contribution in [3.8, 4) is 0 Å². The van der Waals surface area contributed by atoms with Gasteiger partial charge < -0.3 is 4.74 Å². The van der Waals surface area contributed by atoms with Crippen LogP contribution in [0.3, 0.4) is 0 Å². The number of rotatable bonds is 0. The van der Waals surface area contributed by atoms with Crippen molar-refractivity contribution in [1.29, 1.82) is 0 Å². The van der Waals surface area contributed by atoms with Crippen LogP contribution in [0.25, 0.3) is 0 Å². The fourth-order valence-electron chi connectivity index (χ4n) is 3.39. The molecule has 0 aromatic heterocycles. The first-order chi connectivity index (χ1) is 5.88. The van der Waals surface area contributed by atoms with Crippen molar-refractivity contribution in [3.05, 3.63) is 0 Å². The van der Waals surface area contributed by atoms with Gasteiger partial charge in [0.05, 0.1) is 11.7 Å². The Morgan fingerprint density at radius 1 is 1.08 bits per heavy atom. The minimum atomic E-state index is 0.167. The lowest BCUT2D eigenvalue weighted by molar-refractivity contribution is -0.0546. The van der Waals surface area contributed by atoms with E-state index in [0.717, 1.165) is 11.8 Å². The van der Waals surface area contributed by atoms with Gasteiger partial charge in [-0.05, 0) is 43.9 Å². The highest BCUT2D eigenvalue weighted by Gasteiger charge is 2.57. The lowest BCUT2D eigenvalue weighted by Crippen LogP contribution is -2.41. The zero-order valence-corrected chi connectivity index (χ0v) is 9.55. The fourth-order valence-corrected chi connectivity index (χ4v) is 3.39. The molecule has 1 aliphatic carbocycles. The van der Waals surface area contributed by atoms with Gasteiger partial charge in [-0.3, -0.25) is 0 Å². The van der Waals surface area contributed by atoms with Crippen molar-refractivity contribution in [2.24, 2.45) is 17.3 Å². The molecule has 0 spiro atoms. The SMILES string of the molecule is CC1CC(C)C2(C)CC1(C)OC2C. The van der Waals surface area contributed by atoms with E-state index in [1.54, 1.807) is 0 Å². The summed E-state index contributed by atoms with van der Waals surface area (Å²) in [7, 11) is 0. The highest BCUT2D eigenvalue weighted by Crippen LogP contribution is 2.58. The Balaban J connectivity index is 2.34. The van der Waals surface area contributed by atoms with E-state index in [0.29, 0.717) is 11.5 Å². The Morgan fingerprint density at radius 2 is 1.69 bits per heavy atom. The molecular formula is C12H22O. The maximum atomic E-state index is 6.16. The minimum Gasteiger partial charge on any atom is -0.371 e. The molecule has 1 heterocycles. The molecule has 1 saturated carbocycles. The Kier molecular flexibility index (Phi) is 1.83. The summed E-state index contributed by atoms with van der Waals surface area (Å²) < 4.78 is 6.16. The molecule has 2 fully saturated rings. The molecule has 2 bridgehead atoms. The third kappa shape index (κ3) is 1.09. The summed E-state index contributed by atoms with van der Waals surface area (Å²) >= 11 is 0. The third-order valence-corrected chi connectivity index (χ3v) is 4.98. The van der Waals surface area contributed by atoms with E-state index in [1.165, 1.54) is 12.8 Å². The summed E-state index contributed by atoms with van der Waals surface area (Å²) in [6, 6.07) is 0. The van der Waals surface area contributed by atoms with Crippen LogP contribution in [0, 0.1) is 17.3 Å². The van der Waals surface area contributed by atoms with Gasteiger partial charge >= 0.3 is 0 Å². The number of ether oxygens (including phenoxy) is 1. The summed E-state index contributed by atoms with van der Waals surface area (Å²) in [6.45, 7) is 11.7. The Morgan fingerprint density at radius 3 is 2.31 bits per heavy atom. The minimum absolute atomic E-state index is 0.167. The second-order valence-electron chi connectivity index (χ2n) is 5.79. The molecule has 5 unspecified atom stereocenters. The number of hydrogen-bond donors (Lipinski definition) is 0. The van der Waals surface area contributed by atoms with Crippen LogP contribution in [0.4, 0.5) is 0 Å². The van der Waals surface area contributed by atoms with Crippen molar-refractivity contribution in [2.45, 2.75) is 59.2 Å². The molecule has 0 aromatic carbocycles. The Hall–Kier alpha value is -0.0400. The van der Waals surface area contributed by atoms with Crippen LogP contribution >= 0.6 is 0 Å². The second kappa shape index (κ2) is 2.50. The van der Waals surface area contributed by atoms with E-state index in [1.807, 2.05) is 0 Å². The molecule has 2 aliphatic rings. The molecule has 0 radical (unpaired) electrons. The predicted molar refractivity (Wildman–Crippen MR) is 54.6 cm³/mol. The van der Waals surface area contributed by atoms with Gasteiger partial charge in [0, 0.05) is 0 Å². The molecule has 1 saturated heterocycles. The van der Waals surface area contributed by atoms with Crippen LogP contribution in [0.5, 0.6) is 0 Å². The first-order valence-corrected chi connectivity index (χ1v) is 5.56. The van der Waals surface area contributed by atoms with Gasteiger partial charge in [-0.1, -0.05) is 20.8 Å². The fraction of sp³-hybridized carbons (Fsp3) is 1.00. The van der Waals surface area contributed by atoms with E-state index >= 15 is 0 Å². The van der Waals surface area contributed by atoms with Crippen molar-refractivity contribution in [2.75, 3.05) is 0 Å². The van der Waals surface area contributed by atoms with E-state index in [4.69, 9.17) is 4.74 Å². The monoisotopic (exact) mass is 182 g/mol. The summed E-state index contributed by atoms with van der Waals surface area (Å²) in [5.41, 5.74) is 0.599. The molecule has 0 amide bonds. The molecule has 1 nitrogen and oxygen atoms in total. The molecule has 1 heteroatoms. The largest absolute Gasteiger partial charge is 0.371 e.